The summed E-state index contributed by atoms with van der Waals surface area (Å²) in [4.78, 5) is 4.00. The number of nitrogens with two attached hydrogens (primary N) is 1. The number of amidine groups is 1. The fourth-order valence-electron chi connectivity index (χ4n) is 0.968. The molecule has 0 fully saturated rings. The van der Waals surface area contributed by atoms with Gasteiger partial charge in [0.15, 0.2) is 5.84 Å². The van der Waals surface area contributed by atoms with E-state index in [0.29, 0.717) is 11.4 Å². The van der Waals surface area contributed by atoms with Crippen LogP contribution in [0.5, 0.6) is 5.75 Å². The van der Waals surface area contributed by atoms with Crippen LogP contribution < -0.4 is 10.5 Å². The maximum absolute atomic E-state index is 8.43. The molecule has 0 aliphatic heterocycles. The predicted molar refractivity (Wildman–Crippen MR) is 57.1 cm³/mol. The molecule has 1 aromatic rings. The summed E-state index contributed by atoms with van der Waals surface area (Å²) in [5.74, 6) is 0.670. The van der Waals surface area contributed by atoms with Gasteiger partial charge in [0, 0.05) is 0 Å². The van der Waals surface area contributed by atoms with E-state index in [1.807, 2.05) is 13.8 Å². The fraction of sp³-hybridized carbons (Fsp3) is 0.400. The van der Waals surface area contributed by atoms with Gasteiger partial charge in [0.25, 0.3) is 0 Å². The predicted octanol–water partition coefficient (Wildman–Crippen LogP) is 1.35. The van der Waals surface area contributed by atoms with Crippen LogP contribution in [0.1, 0.15) is 26.0 Å². The van der Waals surface area contributed by atoms with Crippen LogP contribution in [0.15, 0.2) is 23.5 Å². The lowest BCUT2D eigenvalue weighted by atomic mass is 10.3. The van der Waals surface area contributed by atoms with Crippen molar-refractivity contribution in [1.29, 1.82) is 0 Å². The molecule has 3 N–H and O–H groups in total. The average molecular weight is 209 g/mol. The Morgan fingerprint density at radius 3 is 2.87 bits per heavy atom. The highest BCUT2D eigenvalue weighted by Crippen LogP contribution is 2.12. The van der Waals surface area contributed by atoms with Gasteiger partial charge in [-0.15, -0.1) is 0 Å². The molecule has 1 rings (SSSR count). The van der Waals surface area contributed by atoms with Crippen LogP contribution in [0.2, 0.25) is 0 Å². The molecule has 5 heteroatoms. The summed E-state index contributed by atoms with van der Waals surface area (Å²) in [5.41, 5.74) is 5.79. The average Bonchev–Trinajstić information content (AvgIpc) is 2.29. The Morgan fingerprint density at radius 2 is 2.40 bits per heavy atom. The molecule has 0 aliphatic rings. The quantitative estimate of drug-likeness (QED) is 0.339. The summed E-state index contributed by atoms with van der Waals surface area (Å²) in [6.45, 7) is 4.03. The molecule has 0 aliphatic carbocycles. The minimum absolute atomic E-state index is 0.00918. The van der Waals surface area contributed by atoms with E-state index in [4.69, 9.17) is 15.7 Å². The lowest BCUT2D eigenvalue weighted by molar-refractivity contribution is 0.216. The zero-order valence-electron chi connectivity index (χ0n) is 8.84. The topological polar surface area (TPSA) is 80.7 Å². The zero-order valence-corrected chi connectivity index (χ0v) is 8.84. The van der Waals surface area contributed by atoms with Gasteiger partial charge in [0.2, 0.25) is 0 Å². The van der Waals surface area contributed by atoms with Crippen molar-refractivity contribution in [2.24, 2.45) is 10.9 Å². The van der Waals surface area contributed by atoms with Crippen LogP contribution in [0.4, 0.5) is 0 Å². The molecular formula is C10H15N3O2. The number of rotatable bonds is 4. The summed E-state index contributed by atoms with van der Waals surface area (Å²) in [6.07, 6.45) is 2.64. The molecule has 0 aromatic carbocycles. The molecule has 0 radical (unpaired) electrons. The molecule has 0 amide bonds. The minimum atomic E-state index is -0.00918. The molecule has 1 unspecified atom stereocenters. The highest BCUT2D eigenvalue weighted by molar-refractivity contribution is 5.95. The summed E-state index contributed by atoms with van der Waals surface area (Å²) < 4.78 is 5.53. The molecular weight excluding hydrogens is 194 g/mol. The molecule has 1 heterocycles. The van der Waals surface area contributed by atoms with E-state index in [1.54, 1.807) is 18.3 Å². The maximum atomic E-state index is 8.43. The van der Waals surface area contributed by atoms with Crippen molar-refractivity contribution in [3.63, 3.8) is 0 Å². The standard InChI is InChI=1S/C10H15N3O2/c1-3-7(2)15-8-4-5-9(12-6-8)10(11)13-14/h4-7,14H,3H2,1-2H3,(H2,11,13). The molecule has 5 nitrogen and oxygen atoms in total. The Hall–Kier alpha value is -1.78. The minimum Gasteiger partial charge on any atom is -0.489 e. The van der Waals surface area contributed by atoms with Gasteiger partial charge >= 0.3 is 0 Å². The van der Waals surface area contributed by atoms with Crippen molar-refractivity contribution in [3.05, 3.63) is 24.0 Å². The van der Waals surface area contributed by atoms with E-state index in [9.17, 15) is 0 Å². The third-order valence-corrected chi connectivity index (χ3v) is 2.02. The van der Waals surface area contributed by atoms with Crippen LogP contribution in [0.25, 0.3) is 0 Å². The highest BCUT2D eigenvalue weighted by Gasteiger charge is 2.03. The molecule has 1 aromatic heterocycles. The summed E-state index contributed by atoms with van der Waals surface area (Å²) in [5, 5.41) is 11.3. The normalized spacial score (nSPS) is 13.6. The first-order valence-electron chi connectivity index (χ1n) is 4.78. The van der Waals surface area contributed by atoms with Crippen molar-refractivity contribution in [1.82, 2.24) is 4.98 Å². The Kier molecular flexibility index (Phi) is 3.91. The Labute approximate surface area is 88.6 Å². The van der Waals surface area contributed by atoms with Crippen LogP contribution in [0, 0.1) is 0 Å². The molecule has 0 saturated carbocycles. The first kappa shape index (κ1) is 11.3. The highest BCUT2D eigenvalue weighted by atomic mass is 16.5. The van der Waals surface area contributed by atoms with Gasteiger partial charge in [-0.05, 0) is 25.5 Å². The van der Waals surface area contributed by atoms with Gasteiger partial charge < -0.3 is 15.7 Å². The summed E-state index contributed by atoms with van der Waals surface area (Å²) in [7, 11) is 0. The third kappa shape index (κ3) is 3.12. The second-order valence-electron chi connectivity index (χ2n) is 3.20. The maximum Gasteiger partial charge on any atom is 0.188 e. The van der Waals surface area contributed by atoms with E-state index in [0.717, 1.165) is 6.42 Å². The first-order valence-corrected chi connectivity index (χ1v) is 4.78. The molecule has 15 heavy (non-hydrogen) atoms. The first-order chi connectivity index (χ1) is 7.17. The van der Waals surface area contributed by atoms with Crippen molar-refractivity contribution in [2.75, 3.05) is 0 Å². The van der Waals surface area contributed by atoms with Gasteiger partial charge in [-0.3, -0.25) is 0 Å². The Morgan fingerprint density at radius 1 is 1.67 bits per heavy atom. The number of ether oxygens (including phenoxy) is 1. The third-order valence-electron chi connectivity index (χ3n) is 2.02. The van der Waals surface area contributed by atoms with Gasteiger partial charge in [-0.25, -0.2) is 4.98 Å². The van der Waals surface area contributed by atoms with E-state index in [-0.39, 0.29) is 11.9 Å². The molecule has 0 saturated heterocycles. The van der Waals surface area contributed by atoms with E-state index in [1.165, 1.54) is 0 Å². The second-order valence-corrected chi connectivity index (χ2v) is 3.20. The SMILES string of the molecule is CCC(C)Oc1ccc(/C(N)=N/O)nc1. The number of hydrogen-bond acceptors (Lipinski definition) is 4. The molecule has 0 spiro atoms. The van der Waals surface area contributed by atoms with E-state index in [2.05, 4.69) is 10.1 Å². The van der Waals surface area contributed by atoms with E-state index < -0.39 is 0 Å². The fourth-order valence-corrected chi connectivity index (χ4v) is 0.968. The van der Waals surface area contributed by atoms with Gasteiger partial charge in [0.1, 0.15) is 11.4 Å². The summed E-state index contributed by atoms with van der Waals surface area (Å²) >= 11 is 0. The van der Waals surface area contributed by atoms with Crippen LogP contribution in [-0.2, 0) is 0 Å². The van der Waals surface area contributed by atoms with Crippen LogP contribution >= 0.6 is 0 Å². The van der Waals surface area contributed by atoms with Crippen molar-refractivity contribution >= 4 is 5.84 Å². The number of oxime groups is 1. The Bertz CT molecular complexity index is 335. The number of hydrogen-bond donors (Lipinski definition) is 2. The second kappa shape index (κ2) is 5.19. The van der Waals surface area contributed by atoms with Crippen molar-refractivity contribution < 1.29 is 9.94 Å². The zero-order chi connectivity index (χ0) is 11.3. The lowest BCUT2D eigenvalue weighted by Crippen LogP contribution is -2.15. The van der Waals surface area contributed by atoms with Crippen LogP contribution in [-0.4, -0.2) is 22.1 Å². The van der Waals surface area contributed by atoms with Gasteiger partial charge in [-0.1, -0.05) is 12.1 Å². The van der Waals surface area contributed by atoms with Crippen molar-refractivity contribution in [3.8, 4) is 5.75 Å². The van der Waals surface area contributed by atoms with Crippen molar-refractivity contribution in [2.45, 2.75) is 26.4 Å². The van der Waals surface area contributed by atoms with Crippen LogP contribution in [0.3, 0.4) is 0 Å². The monoisotopic (exact) mass is 209 g/mol. The summed E-state index contributed by atoms with van der Waals surface area (Å²) in [6, 6.07) is 3.39. The Balaban J connectivity index is 2.72. The lowest BCUT2D eigenvalue weighted by Gasteiger charge is -2.11. The smallest absolute Gasteiger partial charge is 0.188 e. The molecule has 82 valence electrons. The number of aromatic nitrogens is 1. The van der Waals surface area contributed by atoms with E-state index >= 15 is 0 Å². The largest absolute Gasteiger partial charge is 0.489 e. The van der Waals surface area contributed by atoms with Gasteiger partial charge in [-0.2, -0.15) is 0 Å². The number of pyridine rings is 1. The number of nitrogens with zero attached hydrogens (tertiary/aromatic N) is 2. The molecule has 1 atom stereocenters. The van der Waals surface area contributed by atoms with Gasteiger partial charge in [0.05, 0.1) is 12.3 Å². The molecule has 0 bridgehead atoms.